The molecule has 0 saturated heterocycles. The SMILES string of the molecule is O=C(CCC1CCCC1)Nc1cnn(Cc2cccc(C(F)(F)F)c2)c1. The van der Waals surface area contributed by atoms with Crippen LogP contribution in [-0.2, 0) is 17.5 Å². The molecule has 1 N–H and O–H groups in total. The second-order valence-corrected chi connectivity index (χ2v) is 6.86. The third-order valence-corrected chi connectivity index (χ3v) is 4.77. The van der Waals surface area contributed by atoms with Gasteiger partial charge in [0.1, 0.15) is 0 Å². The summed E-state index contributed by atoms with van der Waals surface area (Å²) in [5, 5.41) is 6.92. The lowest BCUT2D eigenvalue weighted by atomic mass is 10.0. The van der Waals surface area contributed by atoms with Crippen molar-refractivity contribution in [3.8, 4) is 0 Å². The van der Waals surface area contributed by atoms with Crippen LogP contribution in [0.2, 0.25) is 0 Å². The van der Waals surface area contributed by atoms with Crippen LogP contribution in [0.5, 0.6) is 0 Å². The number of hydrogen-bond acceptors (Lipinski definition) is 2. The molecule has 1 saturated carbocycles. The highest BCUT2D eigenvalue weighted by Gasteiger charge is 2.30. The van der Waals surface area contributed by atoms with Gasteiger partial charge in [0, 0.05) is 12.6 Å². The van der Waals surface area contributed by atoms with E-state index in [9.17, 15) is 18.0 Å². The number of amides is 1. The zero-order chi connectivity index (χ0) is 18.6. The number of rotatable bonds is 6. The standard InChI is InChI=1S/C19H22F3N3O/c20-19(21,22)16-7-3-6-15(10-16)12-25-13-17(11-23-25)24-18(26)9-8-14-4-1-2-5-14/h3,6-7,10-11,13-14H,1-2,4-5,8-9,12H2,(H,24,26). The van der Waals surface area contributed by atoms with Crippen LogP contribution >= 0.6 is 0 Å². The molecule has 0 radical (unpaired) electrons. The second-order valence-electron chi connectivity index (χ2n) is 6.86. The van der Waals surface area contributed by atoms with Gasteiger partial charge in [-0.3, -0.25) is 9.48 Å². The van der Waals surface area contributed by atoms with Crippen molar-refractivity contribution in [2.75, 3.05) is 5.32 Å². The van der Waals surface area contributed by atoms with Gasteiger partial charge in [-0.2, -0.15) is 18.3 Å². The first-order valence-electron chi connectivity index (χ1n) is 8.88. The van der Waals surface area contributed by atoms with Crippen LogP contribution in [0.3, 0.4) is 0 Å². The molecule has 4 nitrogen and oxygen atoms in total. The van der Waals surface area contributed by atoms with E-state index in [0.717, 1.165) is 18.6 Å². The number of carbonyl (C=O) groups excluding carboxylic acids is 1. The Hall–Kier alpha value is -2.31. The zero-order valence-corrected chi connectivity index (χ0v) is 14.4. The van der Waals surface area contributed by atoms with E-state index in [2.05, 4.69) is 10.4 Å². The number of aromatic nitrogens is 2. The van der Waals surface area contributed by atoms with Gasteiger partial charge >= 0.3 is 6.18 Å². The maximum absolute atomic E-state index is 12.8. The van der Waals surface area contributed by atoms with Crippen molar-refractivity contribution in [2.45, 2.75) is 51.2 Å². The van der Waals surface area contributed by atoms with Gasteiger partial charge in [0.15, 0.2) is 0 Å². The summed E-state index contributed by atoms with van der Waals surface area (Å²) in [5.74, 6) is 0.611. The Kier molecular flexibility index (Phi) is 5.64. The summed E-state index contributed by atoms with van der Waals surface area (Å²) in [4.78, 5) is 12.0. The molecule has 0 aliphatic heterocycles. The Morgan fingerprint density at radius 2 is 2.04 bits per heavy atom. The summed E-state index contributed by atoms with van der Waals surface area (Å²) in [7, 11) is 0. The molecule has 1 amide bonds. The highest BCUT2D eigenvalue weighted by Crippen LogP contribution is 2.30. The molecular weight excluding hydrogens is 343 g/mol. The molecule has 0 spiro atoms. The van der Waals surface area contributed by atoms with Crippen molar-refractivity contribution < 1.29 is 18.0 Å². The van der Waals surface area contributed by atoms with Crippen molar-refractivity contribution in [3.63, 3.8) is 0 Å². The molecule has 1 fully saturated rings. The van der Waals surface area contributed by atoms with Crippen molar-refractivity contribution >= 4 is 11.6 Å². The van der Waals surface area contributed by atoms with E-state index < -0.39 is 11.7 Å². The lowest BCUT2D eigenvalue weighted by molar-refractivity contribution is -0.137. The number of anilines is 1. The molecule has 1 aliphatic rings. The average Bonchev–Trinajstić information content (AvgIpc) is 3.24. The zero-order valence-electron chi connectivity index (χ0n) is 14.4. The van der Waals surface area contributed by atoms with Crippen LogP contribution in [0.25, 0.3) is 0 Å². The maximum atomic E-state index is 12.8. The Morgan fingerprint density at radius 1 is 1.27 bits per heavy atom. The number of hydrogen-bond donors (Lipinski definition) is 1. The maximum Gasteiger partial charge on any atom is 0.416 e. The third kappa shape index (κ3) is 5.09. The van der Waals surface area contributed by atoms with Crippen LogP contribution < -0.4 is 5.32 Å². The Bertz CT molecular complexity index is 748. The number of benzene rings is 1. The number of carbonyl (C=O) groups is 1. The number of nitrogens with one attached hydrogen (secondary N) is 1. The molecule has 1 aromatic heterocycles. The monoisotopic (exact) mass is 365 g/mol. The summed E-state index contributed by atoms with van der Waals surface area (Å²) in [6.07, 6.45) is 5.12. The fourth-order valence-corrected chi connectivity index (χ4v) is 3.41. The van der Waals surface area contributed by atoms with E-state index >= 15 is 0 Å². The van der Waals surface area contributed by atoms with Crippen LogP contribution in [0.4, 0.5) is 18.9 Å². The quantitative estimate of drug-likeness (QED) is 0.795. The molecule has 7 heteroatoms. The second kappa shape index (κ2) is 7.93. The summed E-state index contributed by atoms with van der Waals surface area (Å²) in [6, 6.07) is 5.16. The first-order chi connectivity index (χ1) is 12.4. The first kappa shape index (κ1) is 18.5. The van der Waals surface area contributed by atoms with Gasteiger partial charge < -0.3 is 5.32 Å². The van der Waals surface area contributed by atoms with E-state index in [1.807, 2.05) is 0 Å². The molecule has 3 rings (SSSR count). The van der Waals surface area contributed by atoms with Crippen LogP contribution in [0, 0.1) is 5.92 Å². The van der Waals surface area contributed by atoms with E-state index in [-0.39, 0.29) is 12.5 Å². The fourth-order valence-electron chi connectivity index (χ4n) is 3.41. The van der Waals surface area contributed by atoms with Crippen molar-refractivity contribution in [1.29, 1.82) is 0 Å². The molecule has 0 bridgehead atoms. The largest absolute Gasteiger partial charge is 0.416 e. The van der Waals surface area contributed by atoms with E-state index in [0.29, 0.717) is 23.6 Å². The van der Waals surface area contributed by atoms with Gasteiger partial charge in [-0.1, -0.05) is 37.8 Å². The summed E-state index contributed by atoms with van der Waals surface area (Å²) >= 11 is 0. The molecule has 0 atom stereocenters. The van der Waals surface area contributed by atoms with Gasteiger partial charge in [-0.05, 0) is 30.0 Å². The molecular formula is C19H22F3N3O. The van der Waals surface area contributed by atoms with Gasteiger partial charge in [-0.25, -0.2) is 0 Å². The van der Waals surface area contributed by atoms with Gasteiger partial charge in [0.2, 0.25) is 5.91 Å². The minimum Gasteiger partial charge on any atom is -0.323 e. The predicted molar refractivity (Wildman–Crippen MR) is 92.6 cm³/mol. The highest BCUT2D eigenvalue weighted by molar-refractivity contribution is 5.90. The smallest absolute Gasteiger partial charge is 0.323 e. The first-order valence-corrected chi connectivity index (χ1v) is 8.88. The fraction of sp³-hybridized carbons (Fsp3) is 0.474. The number of nitrogens with zero attached hydrogens (tertiary/aromatic N) is 2. The van der Waals surface area contributed by atoms with Crippen LogP contribution in [-0.4, -0.2) is 15.7 Å². The van der Waals surface area contributed by atoms with Gasteiger partial charge in [-0.15, -0.1) is 0 Å². The molecule has 0 unspecified atom stereocenters. The Balaban J connectivity index is 1.53. The average molecular weight is 365 g/mol. The molecule has 26 heavy (non-hydrogen) atoms. The van der Waals surface area contributed by atoms with Crippen LogP contribution in [0.1, 0.15) is 49.7 Å². The molecule has 140 valence electrons. The molecule has 1 aromatic carbocycles. The minimum absolute atomic E-state index is 0.0458. The topological polar surface area (TPSA) is 46.9 Å². The molecule has 2 aromatic rings. The van der Waals surface area contributed by atoms with Gasteiger partial charge in [0.05, 0.1) is 24.0 Å². The molecule has 1 heterocycles. The summed E-state index contributed by atoms with van der Waals surface area (Å²) < 4.78 is 39.8. The third-order valence-electron chi connectivity index (χ3n) is 4.77. The van der Waals surface area contributed by atoms with E-state index in [1.54, 1.807) is 12.3 Å². The number of alkyl halides is 3. The number of halogens is 3. The molecule has 1 aliphatic carbocycles. The minimum atomic E-state index is -4.36. The van der Waals surface area contributed by atoms with Crippen molar-refractivity contribution in [2.24, 2.45) is 5.92 Å². The summed E-state index contributed by atoms with van der Waals surface area (Å²) in [6.45, 7) is 0.210. The van der Waals surface area contributed by atoms with Crippen LogP contribution in [0.15, 0.2) is 36.7 Å². The van der Waals surface area contributed by atoms with Gasteiger partial charge in [0.25, 0.3) is 0 Å². The van der Waals surface area contributed by atoms with Crippen molar-refractivity contribution in [3.05, 3.63) is 47.8 Å². The van der Waals surface area contributed by atoms with E-state index in [4.69, 9.17) is 0 Å². The van der Waals surface area contributed by atoms with E-state index in [1.165, 1.54) is 42.6 Å². The normalized spacial score (nSPS) is 15.3. The summed E-state index contributed by atoms with van der Waals surface area (Å²) in [5.41, 5.74) is 0.387. The predicted octanol–water partition coefficient (Wildman–Crippen LogP) is 4.86. The lowest BCUT2D eigenvalue weighted by Crippen LogP contribution is -2.12. The van der Waals surface area contributed by atoms with Crippen molar-refractivity contribution in [1.82, 2.24) is 9.78 Å². The Labute approximate surface area is 150 Å². The highest BCUT2D eigenvalue weighted by atomic mass is 19.4. The Morgan fingerprint density at radius 3 is 2.77 bits per heavy atom. The lowest BCUT2D eigenvalue weighted by Gasteiger charge is -2.09.